The van der Waals surface area contributed by atoms with Crippen LogP contribution in [0.5, 0.6) is 0 Å². The lowest BCUT2D eigenvalue weighted by Crippen LogP contribution is -2.25. The molecule has 3 atom stereocenters. The molecule has 0 aromatic carbocycles. The minimum absolute atomic E-state index is 0.287. The first-order valence-corrected chi connectivity index (χ1v) is 6.98. The summed E-state index contributed by atoms with van der Waals surface area (Å²) in [6, 6.07) is -0.304. The van der Waals surface area contributed by atoms with Crippen LogP contribution >= 0.6 is 11.3 Å². The summed E-state index contributed by atoms with van der Waals surface area (Å²) in [7, 11) is 0. The van der Waals surface area contributed by atoms with Crippen LogP contribution in [-0.2, 0) is 6.18 Å². The van der Waals surface area contributed by atoms with Gasteiger partial charge in [0.05, 0.1) is 0 Å². The van der Waals surface area contributed by atoms with Gasteiger partial charge >= 0.3 is 6.18 Å². The van der Waals surface area contributed by atoms with Crippen LogP contribution in [0.2, 0.25) is 0 Å². The van der Waals surface area contributed by atoms with E-state index in [0.29, 0.717) is 22.1 Å². The predicted molar refractivity (Wildman–Crippen MR) is 65.2 cm³/mol. The van der Waals surface area contributed by atoms with Crippen molar-refractivity contribution in [2.75, 3.05) is 0 Å². The van der Waals surface area contributed by atoms with Crippen LogP contribution in [0.1, 0.15) is 48.5 Å². The Labute approximate surface area is 108 Å². The van der Waals surface area contributed by atoms with E-state index in [4.69, 9.17) is 5.73 Å². The molecule has 0 saturated heterocycles. The van der Waals surface area contributed by atoms with Gasteiger partial charge in [-0.25, -0.2) is 4.98 Å². The SMILES string of the molecule is CC1CCCC(C(N)c2cnc(C(F)(F)F)s2)C1. The summed E-state index contributed by atoms with van der Waals surface area (Å²) in [6.07, 6.45) is 1.25. The van der Waals surface area contributed by atoms with Gasteiger partial charge in [-0.05, 0) is 24.7 Å². The molecule has 2 nitrogen and oxygen atoms in total. The molecule has 1 heterocycles. The molecular formula is C12H17F3N2S. The Kier molecular flexibility index (Phi) is 3.96. The van der Waals surface area contributed by atoms with Gasteiger partial charge in [0.1, 0.15) is 0 Å². The van der Waals surface area contributed by atoms with E-state index in [1.807, 2.05) is 0 Å². The summed E-state index contributed by atoms with van der Waals surface area (Å²) in [5, 5.41) is -0.795. The molecular weight excluding hydrogens is 261 g/mol. The third-order valence-electron chi connectivity index (χ3n) is 3.58. The number of aromatic nitrogens is 1. The van der Waals surface area contributed by atoms with Crippen molar-refractivity contribution in [2.24, 2.45) is 17.6 Å². The molecule has 1 aliphatic rings. The molecule has 1 aliphatic carbocycles. The summed E-state index contributed by atoms with van der Waals surface area (Å²) >= 11 is 0.682. The highest BCUT2D eigenvalue weighted by Crippen LogP contribution is 2.39. The van der Waals surface area contributed by atoms with Crippen molar-refractivity contribution in [1.29, 1.82) is 0 Å². The van der Waals surface area contributed by atoms with Crippen molar-refractivity contribution >= 4 is 11.3 Å². The highest BCUT2D eigenvalue weighted by Gasteiger charge is 2.36. The molecule has 2 rings (SSSR count). The Morgan fingerprint density at radius 2 is 2.17 bits per heavy atom. The van der Waals surface area contributed by atoms with E-state index < -0.39 is 11.2 Å². The number of nitrogens with two attached hydrogens (primary N) is 1. The maximum Gasteiger partial charge on any atom is 0.443 e. The first-order chi connectivity index (χ1) is 8.38. The Balaban J connectivity index is 2.09. The lowest BCUT2D eigenvalue weighted by Gasteiger charge is -2.30. The molecule has 0 amide bonds. The van der Waals surface area contributed by atoms with Crippen LogP contribution in [-0.4, -0.2) is 4.98 Å². The Hall–Kier alpha value is -0.620. The Bertz CT molecular complexity index is 402. The fourth-order valence-corrected chi connectivity index (χ4v) is 3.49. The molecule has 6 heteroatoms. The molecule has 1 fully saturated rings. The van der Waals surface area contributed by atoms with Gasteiger partial charge in [-0.2, -0.15) is 13.2 Å². The van der Waals surface area contributed by atoms with Crippen LogP contribution in [0.15, 0.2) is 6.20 Å². The van der Waals surface area contributed by atoms with Crippen molar-refractivity contribution < 1.29 is 13.2 Å². The Morgan fingerprint density at radius 1 is 1.44 bits per heavy atom. The van der Waals surface area contributed by atoms with Gasteiger partial charge in [0.25, 0.3) is 0 Å². The van der Waals surface area contributed by atoms with E-state index >= 15 is 0 Å². The first kappa shape index (κ1) is 13.8. The van der Waals surface area contributed by atoms with Crippen molar-refractivity contribution in [1.82, 2.24) is 4.98 Å². The van der Waals surface area contributed by atoms with E-state index in [1.165, 1.54) is 12.6 Å². The standard InChI is InChI=1S/C12H17F3N2S/c1-7-3-2-4-8(5-7)10(16)9-6-17-11(18-9)12(13,14)15/h6-8,10H,2-5,16H2,1H3. The smallest absolute Gasteiger partial charge is 0.323 e. The average molecular weight is 278 g/mol. The lowest BCUT2D eigenvalue weighted by molar-refractivity contribution is -0.137. The van der Waals surface area contributed by atoms with E-state index in [0.717, 1.165) is 19.3 Å². The fraction of sp³-hybridized carbons (Fsp3) is 0.750. The van der Waals surface area contributed by atoms with Gasteiger partial charge in [-0.15, -0.1) is 11.3 Å². The summed E-state index contributed by atoms with van der Waals surface area (Å²) < 4.78 is 37.4. The molecule has 0 aliphatic heterocycles. The number of hydrogen-bond acceptors (Lipinski definition) is 3. The van der Waals surface area contributed by atoms with Gasteiger partial charge in [-0.1, -0.05) is 19.8 Å². The van der Waals surface area contributed by atoms with Gasteiger partial charge in [0.2, 0.25) is 0 Å². The third-order valence-corrected chi connectivity index (χ3v) is 4.72. The van der Waals surface area contributed by atoms with Crippen LogP contribution in [0.25, 0.3) is 0 Å². The molecule has 3 unspecified atom stereocenters. The van der Waals surface area contributed by atoms with Crippen LogP contribution in [0, 0.1) is 11.8 Å². The van der Waals surface area contributed by atoms with Crippen LogP contribution in [0.4, 0.5) is 13.2 Å². The number of halogens is 3. The van der Waals surface area contributed by atoms with Crippen molar-refractivity contribution in [3.05, 3.63) is 16.1 Å². The van der Waals surface area contributed by atoms with E-state index in [-0.39, 0.29) is 12.0 Å². The number of thiazole rings is 1. The zero-order valence-electron chi connectivity index (χ0n) is 10.2. The van der Waals surface area contributed by atoms with Crippen molar-refractivity contribution in [3.8, 4) is 0 Å². The molecule has 0 spiro atoms. The monoisotopic (exact) mass is 278 g/mol. The van der Waals surface area contributed by atoms with Gasteiger partial charge in [0, 0.05) is 17.1 Å². The van der Waals surface area contributed by atoms with E-state index in [2.05, 4.69) is 11.9 Å². The van der Waals surface area contributed by atoms with Crippen molar-refractivity contribution in [2.45, 2.75) is 44.8 Å². The fourth-order valence-electron chi connectivity index (χ4n) is 2.61. The molecule has 18 heavy (non-hydrogen) atoms. The van der Waals surface area contributed by atoms with E-state index in [9.17, 15) is 13.2 Å². The second-order valence-corrected chi connectivity index (χ2v) is 6.19. The maximum absolute atomic E-state index is 12.5. The number of rotatable bonds is 2. The number of nitrogens with zero attached hydrogens (tertiary/aromatic N) is 1. The van der Waals surface area contributed by atoms with Gasteiger partial charge in [0.15, 0.2) is 5.01 Å². The molecule has 1 aromatic heterocycles. The normalized spacial score (nSPS) is 27.2. The van der Waals surface area contributed by atoms with Gasteiger partial charge in [-0.3, -0.25) is 0 Å². The topological polar surface area (TPSA) is 38.9 Å². The highest BCUT2D eigenvalue weighted by atomic mass is 32.1. The summed E-state index contributed by atoms with van der Waals surface area (Å²) in [4.78, 5) is 3.99. The average Bonchev–Trinajstić information content (AvgIpc) is 2.77. The zero-order chi connectivity index (χ0) is 13.3. The van der Waals surface area contributed by atoms with Crippen LogP contribution in [0.3, 0.4) is 0 Å². The van der Waals surface area contributed by atoms with Crippen LogP contribution < -0.4 is 5.73 Å². The second-order valence-electron chi connectivity index (χ2n) is 5.12. The second kappa shape index (κ2) is 5.17. The Morgan fingerprint density at radius 3 is 2.72 bits per heavy atom. The van der Waals surface area contributed by atoms with E-state index in [1.54, 1.807) is 0 Å². The quantitative estimate of drug-likeness (QED) is 0.888. The third kappa shape index (κ3) is 3.03. The molecule has 1 saturated carbocycles. The first-order valence-electron chi connectivity index (χ1n) is 6.16. The summed E-state index contributed by atoms with van der Waals surface area (Å²) in [6.45, 7) is 2.17. The molecule has 2 N–H and O–H groups in total. The maximum atomic E-state index is 12.5. The molecule has 0 radical (unpaired) electrons. The largest absolute Gasteiger partial charge is 0.443 e. The lowest BCUT2D eigenvalue weighted by atomic mass is 9.78. The summed E-state index contributed by atoms with van der Waals surface area (Å²) in [5.41, 5.74) is 6.09. The molecule has 1 aromatic rings. The number of hydrogen-bond donors (Lipinski definition) is 1. The van der Waals surface area contributed by atoms with Gasteiger partial charge < -0.3 is 5.73 Å². The minimum atomic E-state index is -4.36. The molecule has 102 valence electrons. The van der Waals surface area contributed by atoms with Crippen molar-refractivity contribution in [3.63, 3.8) is 0 Å². The number of alkyl halides is 3. The zero-order valence-corrected chi connectivity index (χ0v) is 11.0. The highest BCUT2D eigenvalue weighted by molar-refractivity contribution is 7.11. The minimum Gasteiger partial charge on any atom is -0.323 e. The summed E-state index contributed by atoms with van der Waals surface area (Å²) in [5.74, 6) is 0.903. The predicted octanol–water partition coefficient (Wildman–Crippen LogP) is 3.99. The molecule has 0 bridgehead atoms.